The maximum atomic E-state index is 5.52. The maximum absolute atomic E-state index is 5.52. The number of anilines is 2. The van der Waals surface area contributed by atoms with Gasteiger partial charge in [0.15, 0.2) is 0 Å². The van der Waals surface area contributed by atoms with E-state index in [2.05, 4.69) is 46.7 Å². The monoisotopic (exact) mass is 289 g/mol. The maximum Gasteiger partial charge on any atom is 0.0621 e. The summed E-state index contributed by atoms with van der Waals surface area (Å²) in [5.41, 5.74) is 2.58. The third-order valence-electron chi connectivity index (χ3n) is 4.37. The Bertz CT molecular complexity index is 439. The number of rotatable bonds is 5. The van der Waals surface area contributed by atoms with Crippen LogP contribution in [-0.4, -0.2) is 44.9 Å². The van der Waals surface area contributed by atoms with Crippen LogP contribution in [0.5, 0.6) is 0 Å². The van der Waals surface area contributed by atoms with E-state index in [-0.39, 0.29) is 0 Å². The van der Waals surface area contributed by atoms with Crippen LogP contribution in [-0.2, 0) is 4.74 Å². The Morgan fingerprint density at radius 1 is 1.38 bits per heavy atom. The summed E-state index contributed by atoms with van der Waals surface area (Å²) in [6, 6.07) is 9.75. The molecule has 2 saturated heterocycles. The summed E-state index contributed by atoms with van der Waals surface area (Å²) >= 11 is 0. The molecule has 0 radical (unpaired) electrons. The molecule has 0 bridgehead atoms. The molecule has 4 nitrogen and oxygen atoms in total. The third kappa shape index (κ3) is 4.11. The summed E-state index contributed by atoms with van der Waals surface area (Å²) in [6.07, 6.45) is 3.73. The van der Waals surface area contributed by atoms with Gasteiger partial charge in [-0.2, -0.15) is 0 Å². The van der Waals surface area contributed by atoms with Crippen LogP contribution in [0.4, 0.5) is 11.4 Å². The van der Waals surface area contributed by atoms with Crippen LogP contribution in [0.15, 0.2) is 24.3 Å². The van der Waals surface area contributed by atoms with Crippen LogP contribution in [0.1, 0.15) is 26.2 Å². The molecular weight excluding hydrogens is 262 g/mol. The smallest absolute Gasteiger partial charge is 0.0621 e. The molecule has 2 fully saturated rings. The molecule has 2 N–H and O–H groups in total. The van der Waals surface area contributed by atoms with Gasteiger partial charge in [-0.15, -0.1) is 0 Å². The van der Waals surface area contributed by atoms with Crippen LogP contribution >= 0.6 is 0 Å². The van der Waals surface area contributed by atoms with Crippen molar-refractivity contribution in [2.75, 3.05) is 43.1 Å². The second kappa shape index (κ2) is 7.14. The molecule has 3 rings (SSSR count). The first-order chi connectivity index (χ1) is 10.3. The summed E-state index contributed by atoms with van der Waals surface area (Å²) in [6.45, 7) is 7.29. The molecule has 116 valence electrons. The lowest BCUT2D eigenvalue weighted by Gasteiger charge is -2.27. The summed E-state index contributed by atoms with van der Waals surface area (Å²) < 4.78 is 5.52. The minimum absolute atomic E-state index is 0.443. The van der Waals surface area contributed by atoms with Gasteiger partial charge in [0.25, 0.3) is 0 Å². The first-order valence-corrected chi connectivity index (χ1v) is 8.24. The van der Waals surface area contributed by atoms with Crippen LogP contribution in [0.2, 0.25) is 0 Å². The summed E-state index contributed by atoms with van der Waals surface area (Å²) in [5, 5.41) is 7.15. The third-order valence-corrected chi connectivity index (χ3v) is 4.37. The van der Waals surface area contributed by atoms with Crippen molar-refractivity contribution in [2.45, 2.75) is 38.3 Å². The van der Waals surface area contributed by atoms with Crippen LogP contribution in [0.3, 0.4) is 0 Å². The standard InChI is InChI=1S/C17H27N3O/c1-14(11-16-13-21-10-7-18-16)19-15-5-4-6-17(12-15)20-8-2-3-9-20/h4-6,12,14,16,18-19H,2-3,7-11,13H2,1H3. The predicted octanol–water partition coefficient (Wildman–Crippen LogP) is 2.47. The van der Waals surface area contributed by atoms with Crippen LogP contribution in [0.25, 0.3) is 0 Å². The Kier molecular flexibility index (Phi) is 4.99. The average Bonchev–Trinajstić information content (AvgIpc) is 3.02. The number of ether oxygens (including phenoxy) is 1. The van der Waals surface area contributed by atoms with Crippen molar-refractivity contribution >= 4 is 11.4 Å². The molecule has 0 aliphatic carbocycles. The number of hydrogen-bond acceptors (Lipinski definition) is 4. The van der Waals surface area contributed by atoms with E-state index in [1.807, 2.05) is 0 Å². The number of benzene rings is 1. The predicted molar refractivity (Wildman–Crippen MR) is 88.2 cm³/mol. The summed E-state index contributed by atoms with van der Waals surface area (Å²) in [5.74, 6) is 0. The first kappa shape index (κ1) is 14.7. The highest BCUT2D eigenvalue weighted by molar-refractivity contribution is 5.58. The minimum Gasteiger partial charge on any atom is -0.382 e. The van der Waals surface area contributed by atoms with Gasteiger partial charge in [-0.05, 0) is 44.4 Å². The van der Waals surface area contributed by atoms with Gasteiger partial charge in [-0.1, -0.05) is 6.07 Å². The van der Waals surface area contributed by atoms with E-state index in [9.17, 15) is 0 Å². The highest BCUT2D eigenvalue weighted by Gasteiger charge is 2.17. The van der Waals surface area contributed by atoms with Gasteiger partial charge in [0.05, 0.1) is 13.2 Å². The molecule has 2 heterocycles. The topological polar surface area (TPSA) is 36.5 Å². The highest BCUT2D eigenvalue weighted by atomic mass is 16.5. The van der Waals surface area contributed by atoms with Gasteiger partial charge in [-0.3, -0.25) is 0 Å². The second-order valence-electron chi connectivity index (χ2n) is 6.25. The lowest BCUT2D eigenvalue weighted by atomic mass is 10.1. The van der Waals surface area contributed by atoms with Crippen molar-refractivity contribution in [3.63, 3.8) is 0 Å². The molecule has 2 atom stereocenters. The van der Waals surface area contributed by atoms with Gasteiger partial charge in [0, 0.05) is 43.1 Å². The summed E-state index contributed by atoms with van der Waals surface area (Å²) in [4.78, 5) is 2.48. The Morgan fingerprint density at radius 2 is 2.24 bits per heavy atom. The van der Waals surface area contributed by atoms with E-state index in [1.165, 1.54) is 37.3 Å². The number of nitrogens with one attached hydrogen (secondary N) is 2. The number of morpholine rings is 1. The lowest BCUT2D eigenvalue weighted by Crippen LogP contribution is -2.43. The Balaban J connectivity index is 1.54. The molecule has 0 aromatic heterocycles. The Hall–Kier alpha value is -1.26. The molecule has 21 heavy (non-hydrogen) atoms. The highest BCUT2D eigenvalue weighted by Crippen LogP contribution is 2.24. The van der Waals surface area contributed by atoms with Crippen molar-refractivity contribution < 1.29 is 4.74 Å². The fraction of sp³-hybridized carbons (Fsp3) is 0.647. The quantitative estimate of drug-likeness (QED) is 0.873. The Morgan fingerprint density at radius 3 is 3.00 bits per heavy atom. The van der Waals surface area contributed by atoms with E-state index in [1.54, 1.807) is 0 Å². The largest absolute Gasteiger partial charge is 0.382 e. The first-order valence-electron chi connectivity index (χ1n) is 8.24. The molecule has 1 aromatic rings. The van der Waals surface area contributed by atoms with Crippen molar-refractivity contribution in [3.05, 3.63) is 24.3 Å². The zero-order valence-electron chi connectivity index (χ0n) is 13.0. The van der Waals surface area contributed by atoms with Gasteiger partial charge < -0.3 is 20.3 Å². The van der Waals surface area contributed by atoms with Crippen molar-refractivity contribution in [3.8, 4) is 0 Å². The van der Waals surface area contributed by atoms with Crippen molar-refractivity contribution in [1.29, 1.82) is 0 Å². The second-order valence-corrected chi connectivity index (χ2v) is 6.25. The fourth-order valence-corrected chi connectivity index (χ4v) is 3.31. The van der Waals surface area contributed by atoms with E-state index < -0.39 is 0 Å². The SMILES string of the molecule is CC(CC1COCCN1)Nc1cccc(N2CCCC2)c1. The zero-order valence-corrected chi connectivity index (χ0v) is 13.0. The summed E-state index contributed by atoms with van der Waals surface area (Å²) in [7, 11) is 0. The number of nitrogens with zero attached hydrogens (tertiary/aromatic N) is 1. The minimum atomic E-state index is 0.443. The van der Waals surface area contributed by atoms with E-state index in [0.717, 1.165) is 26.2 Å². The van der Waals surface area contributed by atoms with Gasteiger partial charge in [0.2, 0.25) is 0 Å². The van der Waals surface area contributed by atoms with Crippen molar-refractivity contribution in [2.24, 2.45) is 0 Å². The van der Waals surface area contributed by atoms with Gasteiger partial charge in [-0.25, -0.2) is 0 Å². The van der Waals surface area contributed by atoms with Crippen LogP contribution in [0, 0.1) is 0 Å². The molecule has 2 aliphatic heterocycles. The molecule has 0 saturated carbocycles. The Labute approximate surface area is 127 Å². The van der Waals surface area contributed by atoms with E-state index >= 15 is 0 Å². The van der Waals surface area contributed by atoms with Gasteiger partial charge in [0.1, 0.15) is 0 Å². The molecule has 0 spiro atoms. The lowest BCUT2D eigenvalue weighted by molar-refractivity contribution is 0.0731. The normalized spacial score (nSPS) is 24.0. The van der Waals surface area contributed by atoms with E-state index in [0.29, 0.717) is 12.1 Å². The molecular formula is C17H27N3O. The fourth-order valence-electron chi connectivity index (χ4n) is 3.31. The average molecular weight is 289 g/mol. The molecule has 1 aromatic carbocycles. The van der Waals surface area contributed by atoms with E-state index in [4.69, 9.17) is 4.74 Å². The molecule has 0 amide bonds. The molecule has 4 heteroatoms. The van der Waals surface area contributed by atoms with Crippen molar-refractivity contribution in [1.82, 2.24) is 5.32 Å². The zero-order chi connectivity index (χ0) is 14.5. The molecule has 2 unspecified atom stereocenters. The van der Waals surface area contributed by atoms with Crippen LogP contribution < -0.4 is 15.5 Å². The molecule has 2 aliphatic rings. The van der Waals surface area contributed by atoms with Gasteiger partial charge >= 0.3 is 0 Å². The number of hydrogen-bond donors (Lipinski definition) is 2.